The van der Waals surface area contributed by atoms with Crippen LogP contribution in [0.25, 0.3) is 11.0 Å². The van der Waals surface area contributed by atoms with E-state index in [0.29, 0.717) is 28.9 Å². The highest BCUT2D eigenvalue weighted by molar-refractivity contribution is 5.78. The standard InChI is InChI=1S/C20H19F4N3O4/c1-8-10-3-4-27(18(10)26-7-25-8)19-15(29)20(2,30)16(31-19)14(28)9-5-11(17(23)24)13(22)12(21)6-9/h3-7,14-17,19,28-30H,1-2H3/t14-,15+,16-,19-,20+/m1/s1. The van der Waals surface area contributed by atoms with E-state index in [1.54, 1.807) is 19.2 Å². The Morgan fingerprint density at radius 3 is 2.61 bits per heavy atom. The molecule has 1 aliphatic rings. The molecule has 2 aromatic heterocycles. The number of aryl methyl sites for hydroxylation is 1. The predicted molar refractivity (Wildman–Crippen MR) is 99.1 cm³/mol. The van der Waals surface area contributed by atoms with Crippen molar-refractivity contribution in [3.8, 4) is 0 Å². The molecule has 3 aromatic rings. The third kappa shape index (κ3) is 3.37. The van der Waals surface area contributed by atoms with Crippen LogP contribution in [0, 0.1) is 18.6 Å². The Bertz CT molecular complexity index is 1140. The number of halogens is 4. The van der Waals surface area contributed by atoms with E-state index in [-0.39, 0.29) is 0 Å². The van der Waals surface area contributed by atoms with Crippen LogP contribution in [0.3, 0.4) is 0 Å². The van der Waals surface area contributed by atoms with Gasteiger partial charge in [-0.15, -0.1) is 0 Å². The maximum atomic E-state index is 13.8. The van der Waals surface area contributed by atoms with Crippen LogP contribution in [0.4, 0.5) is 17.6 Å². The highest BCUT2D eigenvalue weighted by Crippen LogP contribution is 2.44. The van der Waals surface area contributed by atoms with Gasteiger partial charge in [-0.2, -0.15) is 0 Å². The molecule has 31 heavy (non-hydrogen) atoms. The number of nitrogens with zero attached hydrogens (tertiary/aromatic N) is 3. The molecule has 0 amide bonds. The Kier molecular flexibility index (Phi) is 5.24. The molecule has 3 N–H and O–H groups in total. The van der Waals surface area contributed by atoms with Gasteiger partial charge in [-0.05, 0) is 37.6 Å². The van der Waals surface area contributed by atoms with E-state index < -0.39 is 59.3 Å². The summed E-state index contributed by atoms with van der Waals surface area (Å²) < 4.78 is 60.7. The second kappa shape index (κ2) is 7.52. The van der Waals surface area contributed by atoms with Gasteiger partial charge < -0.3 is 24.6 Å². The number of benzene rings is 1. The summed E-state index contributed by atoms with van der Waals surface area (Å²) in [5.41, 5.74) is -2.66. The fourth-order valence-corrected chi connectivity index (χ4v) is 3.87. The minimum atomic E-state index is -3.32. The maximum Gasteiger partial charge on any atom is 0.266 e. The van der Waals surface area contributed by atoms with E-state index >= 15 is 0 Å². The quantitative estimate of drug-likeness (QED) is 0.539. The van der Waals surface area contributed by atoms with Crippen LogP contribution in [-0.4, -0.2) is 47.7 Å². The van der Waals surface area contributed by atoms with Gasteiger partial charge in [-0.3, -0.25) is 0 Å². The Balaban J connectivity index is 1.72. The molecule has 1 aromatic carbocycles. The topological polar surface area (TPSA) is 101 Å². The van der Waals surface area contributed by atoms with Crippen LogP contribution in [0.15, 0.2) is 30.7 Å². The largest absolute Gasteiger partial charge is 0.386 e. The van der Waals surface area contributed by atoms with Crippen molar-refractivity contribution < 1.29 is 37.6 Å². The molecule has 0 spiro atoms. The summed E-state index contributed by atoms with van der Waals surface area (Å²) in [6.45, 7) is 2.94. The molecule has 4 rings (SSSR count). The molecule has 5 atom stereocenters. The first-order valence-corrected chi connectivity index (χ1v) is 9.33. The van der Waals surface area contributed by atoms with Crippen LogP contribution in [-0.2, 0) is 4.74 Å². The lowest BCUT2D eigenvalue weighted by Gasteiger charge is -2.30. The molecular formula is C20H19F4N3O4. The molecule has 0 saturated carbocycles. The lowest BCUT2D eigenvalue weighted by atomic mass is 9.88. The number of aliphatic hydroxyl groups excluding tert-OH is 2. The van der Waals surface area contributed by atoms with Crippen LogP contribution in [0.2, 0.25) is 0 Å². The molecule has 0 bridgehead atoms. The zero-order chi connectivity index (χ0) is 22.7. The molecule has 0 aliphatic carbocycles. The van der Waals surface area contributed by atoms with E-state index in [4.69, 9.17) is 4.74 Å². The monoisotopic (exact) mass is 441 g/mol. The second-order valence-corrected chi connectivity index (χ2v) is 7.69. The van der Waals surface area contributed by atoms with E-state index in [2.05, 4.69) is 9.97 Å². The first-order chi connectivity index (χ1) is 14.5. The van der Waals surface area contributed by atoms with Crippen molar-refractivity contribution in [2.24, 2.45) is 0 Å². The van der Waals surface area contributed by atoms with Crippen molar-refractivity contribution in [3.05, 3.63) is 59.2 Å². The average Bonchev–Trinajstić information content (AvgIpc) is 3.23. The third-order valence-corrected chi connectivity index (χ3v) is 5.66. The van der Waals surface area contributed by atoms with Gasteiger partial charge in [0.1, 0.15) is 35.9 Å². The lowest BCUT2D eigenvalue weighted by molar-refractivity contribution is -0.115. The van der Waals surface area contributed by atoms with Crippen molar-refractivity contribution in [1.29, 1.82) is 0 Å². The summed E-state index contributed by atoms with van der Waals surface area (Å²) in [5, 5.41) is 32.9. The van der Waals surface area contributed by atoms with Crippen molar-refractivity contribution >= 4 is 11.0 Å². The predicted octanol–water partition coefficient (Wildman–Crippen LogP) is 2.70. The fourth-order valence-electron chi connectivity index (χ4n) is 3.87. The number of aromatic nitrogens is 3. The van der Waals surface area contributed by atoms with E-state index in [0.717, 1.165) is 0 Å². The normalized spacial score (nSPS) is 27.4. The van der Waals surface area contributed by atoms with Crippen molar-refractivity contribution in [2.75, 3.05) is 0 Å². The van der Waals surface area contributed by atoms with Gasteiger partial charge in [-0.25, -0.2) is 27.5 Å². The Morgan fingerprint density at radius 1 is 1.23 bits per heavy atom. The zero-order valence-electron chi connectivity index (χ0n) is 16.4. The van der Waals surface area contributed by atoms with Gasteiger partial charge in [0, 0.05) is 11.6 Å². The minimum absolute atomic E-state index is 0.398. The summed E-state index contributed by atoms with van der Waals surface area (Å²) in [5.74, 6) is -3.30. The van der Waals surface area contributed by atoms with Gasteiger partial charge in [0.2, 0.25) is 0 Å². The first-order valence-electron chi connectivity index (χ1n) is 9.33. The summed E-state index contributed by atoms with van der Waals surface area (Å²) >= 11 is 0. The lowest BCUT2D eigenvalue weighted by Crippen LogP contribution is -2.47. The molecule has 1 aliphatic heterocycles. The Hall–Kier alpha value is -2.60. The number of rotatable bonds is 4. The van der Waals surface area contributed by atoms with Gasteiger partial charge >= 0.3 is 0 Å². The molecule has 7 nitrogen and oxygen atoms in total. The smallest absolute Gasteiger partial charge is 0.266 e. The molecule has 0 unspecified atom stereocenters. The summed E-state index contributed by atoms with van der Waals surface area (Å²) in [7, 11) is 0. The zero-order valence-corrected chi connectivity index (χ0v) is 16.4. The van der Waals surface area contributed by atoms with Gasteiger partial charge in [-0.1, -0.05) is 0 Å². The van der Waals surface area contributed by atoms with E-state index in [1.165, 1.54) is 17.8 Å². The van der Waals surface area contributed by atoms with Crippen molar-refractivity contribution in [3.63, 3.8) is 0 Å². The SMILES string of the molecule is Cc1ncnc2c1ccn2[C@@H]1O[C@H]([C@H](O)c2cc(F)c(F)c(C(F)F)c2)[C@@](C)(O)[C@H]1O. The number of aliphatic hydroxyl groups is 3. The van der Waals surface area contributed by atoms with Gasteiger partial charge in [0.25, 0.3) is 6.43 Å². The van der Waals surface area contributed by atoms with Gasteiger partial charge in [0.05, 0.1) is 11.3 Å². The summed E-state index contributed by atoms with van der Waals surface area (Å²) in [6, 6.07) is 2.84. The highest BCUT2D eigenvalue weighted by atomic mass is 19.3. The fraction of sp³-hybridized carbons (Fsp3) is 0.400. The number of fused-ring (bicyclic) bond motifs is 1. The number of hydrogen-bond donors (Lipinski definition) is 3. The maximum absolute atomic E-state index is 13.8. The van der Waals surface area contributed by atoms with Crippen LogP contribution < -0.4 is 0 Å². The molecule has 166 valence electrons. The Labute approximate surface area is 173 Å². The second-order valence-electron chi connectivity index (χ2n) is 7.69. The van der Waals surface area contributed by atoms with E-state index in [1.807, 2.05) is 0 Å². The number of ether oxygens (including phenoxy) is 1. The minimum Gasteiger partial charge on any atom is -0.386 e. The highest BCUT2D eigenvalue weighted by Gasteiger charge is 2.56. The number of alkyl halides is 2. The molecular weight excluding hydrogens is 422 g/mol. The molecule has 0 radical (unpaired) electrons. The molecule has 3 heterocycles. The molecule has 1 fully saturated rings. The van der Waals surface area contributed by atoms with Crippen LogP contribution in [0.1, 0.15) is 42.5 Å². The first kappa shape index (κ1) is 21.6. The number of hydrogen-bond acceptors (Lipinski definition) is 6. The van der Waals surface area contributed by atoms with E-state index in [9.17, 15) is 32.9 Å². The molecule has 1 saturated heterocycles. The summed E-state index contributed by atoms with van der Waals surface area (Å²) in [6.07, 6.45) is -6.63. The van der Waals surface area contributed by atoms with Crippen molar-refractivity contribution in [1.82, 2.24) is 14.5 Å². The summed E-state index contributed by atoms with van der Waals surface area (Å²) in [4.78, 5) is 8.22. The van der Waals surface area contributed by atoms with Gasteiger partial charge in [0.15, 0.2) is 17.9 Å². The third-order valence-electron chi connectivity index (χ3n) is 5.66. The Morgan fingerprint density at radius 2 is 1.94 bits per heavy atom. The van der Waals surface area contributed by atoms with Crippen LogP contribution in [0.5, 0.6) is 0 Å². The molecule has 11 heteroatoms. The average molecular weight is 441 g/mol. The van der Waals surface area contributed by atoms with Crippen LogP contribution >= 0.6 is 0 Å². The van der Waals surface area contributed by atoms with Crippen molar-refractivity contribution in [2.45, 2.75) is 50.4 Å².